The predicted molar refractivity (Wildman–Crippen MR) is 244 cm³/mol. The van der Waals surface area contributed by atoms with E-state index >= 15 is 0 Å². The van der Waals surface area contributed by atoms with Gasteiger partial charge in [0.15, 0.2) is 0 Å². The normalized spacial score (nSPS) is 15.4. The van der Waals surface area contributed by atoms with Crippen molar-refractivity contribution in [2.24, 2.45) is 17.3 Å². The lowest BCUT2D eigenvalue weighted by atomic mass is 9.73. The third-order valence-corrected chi connectivity index (χ3v) is 13.2. The summed E-state index contributed by atoms with van der Waals surface area (Å²) < 4.78 is 12.4. The van der Waals surface area contributed by atoms with E-state index in [0.29, 0.717) is 13.2 Å². The van der Waals surface area contributed by atoms with E-state index in [9.17, 15) is 9.59 Å². The van der Waals surface area contributed by atoms with Gasteiger partial charge in [-0.25, -0.2) is 0 Å². The fourth-order valence-corrected chi connectivity index (χ4v) is 9.07. The molecular formula is C52H93NO4. The molecule has 1 aliphatic rings. The van der Waals surface area contributed by atoms with E-state index in [1.807, 2.05) is 0 Å². The van der Waals surface area contributed by atoms with Gasteiger partial charge in [-0.3, -0.25) is 9.59 Å². The van der Waals surface area contributed by atoms with Crippen molar-refractivity contribution >= 4 is 11.9 Å². The molecule has 2 unspecified atom stereocenters. The Bertz CT molecular complexity index is 1020. The number of hydrogen-bond acceptors (Lipinski definition) is 5. The second-order valence-corrected chi connectivity index (χ2v) is 18.2. The average molecular weight is 796 g/mol. The molecule has 0 amide bonds. The summed E-state index contributed by atoms with van der Waals surface area (Å²) in [6.45, 7) is 13.3. The third-order valence-electron chi connectivity index (χ3n) is 13.2. The molecule has 2 rings (SSSR count). The summed E-state index contributed by atoms with van der Waals surface area (Å²) in [5, 5.41) is 0. The van der Waals surface area contributed by atoms with Crippen LogP contribution in [0.3, 0.4) is 0 Å². The molecule has 0 aromatic heterocycles. The van der Waals surface area contributed by atoms with Crippen molar-refractivity contribution in [3.05, 3.63) is 35.9 Å². The van der Waals surface area contributed by atoms with Crippen LogP contribution in [-0.4, -0.2) is 49.7 Å². The molecule has 5 heteroatoms. The molecule has 2 atom stereocenters. The molecule has 57 heavy (non-hydrogen) atoms. The molecule has 0 saturated carbocycles. The number of benzene rings is 1. The van der Waals surface area contributed by atoms with Crippen molar-refractivity contribution in [3.63, 3.8) is 0 Å². The van der Waals surface area contributed by atoms with E-state index in [2.05, 4.69) is 62.9 Å². The first-order valence-electron chi connectivity index (χ1n) is 25.1. The van der Waals surface area contributed by atoms with Gasteiger partial charge < -0.3 is 14.4 Å². The van der Waals surface area contributed by atoms with E-state index in [4.69, 9.17) is 9.47 Å². The van der Waals surface area contributed by atoms with Gasteiger partial charge in [0, 0.05) is 0 Å². The number of rotatable bonds is 38. The van der Waals surface area contributed by atoms with Gasteiger partial charge in [0.1, 0.15) is 0 Å². The summed E-state index contributed by atoms with van der Waals surface area (Å²) in [7, 11) is 0. The number of hydrogen-bond donors (Lipinski definition) is 0. The summed E-state index contributed by atoms with van der Waals surface area (Å²) in [6, 6.07) is 10.9. The van der Waals surface area contributed by atoms with E-state index in [0.717, 1.165) is 96.7 Å². The second-order valence-electron chi connectivity index (χ2n) is 18.2. The van der Waals surface area contributed by atoms with Gasteiger partial charge >= 0.3 is 11.9 Å². The largest absolute Gasteiger partial charge is 0.465 e. The fourth-order valence-electron chi connectivity index (χ4n) is 9.07. The maximum absolute atomic E-state index is 13.6. The van der Waals surface area contributed by atoms with Gasteiger partial charge in [-0.2, -0.15) is 0 Å². The number of esters is 2. The summed E-state index contributed by atoms with van der Waals surface area (Å²) in [6.07, 6.45) is 37.3. The minimum absolute atomic E-state index is 0.0366. The number of piperidine rings is 1. The van der Waals surface area contributed by atoms with Crippen molar-refractivity contribution < 1.29 is 19.1 Å². The Morgan fingerprint density at radius 2 is 0.912 bits per heavy atom. The molecule has 0 N–H and O–H groups in total. The standard InChI is InChI=1S/C52H93NO4/c1-5-9-13-17-19-28-36-48(34-26-15-11-7-3)50(54)56-45-40-52(38-43-53(44-39-52)42-30-22-25-33-47-31-23-21-24-32-47)41-46-57-51(55)49(35-27-16-12-8-4)37-29-20-18-14-10-6-2/h21,23-24,31-32,48-49H,5-20,22,25-30,33-46H2,1-4H3. The maximum atomic E-state index is 13.6. The van der Waals surface area contributed by atoms with Crippen molar-refractivity contribution in [2.75, 3.05) is 32.8 Å². The Morgan fingerprint density at radius 3 is 1.35 bits per heavy atom. The highest BCUT2D eigenvalue weighted by Gasteiger charge is 2.35. The lowest BCUT2D eigenvalue weighted by Crippen LogP contribution is -2.42. The van der Waals surface area contributed by atoms with Crippen LogP contribution in [-0.2, 0) is 25.5 Å². The molecule has 1 aromatic carbocycles. The van der Waals surface area contributed by atoms with Crippen LogP contribution in [0.1, 0.15) is 232 Å². The summed E-state index contributed by atoms with van der Waals surface area (Å²) in [5.74, 6) is 0.148. The highest BCUT2D eigenvalue weighted by Crippen LogP contribution is 2.39. The lowest BCUT2D eigenvalue weighted by Gasteiger charge is -2.42. The van der Waals surface area contributed by atoms with Gasteiger partial charge in [-0.15, -0.1) is 0 Å². The van der Waals surface area contributed by atoms with Crippen molar-refractivity contribution in [1.29, 1.82) is 0 Å². The van der Waals surface area contributed by atoms with E-state index in [1.54, 1.807) is 0 Å². The van der Waals surface area contributed by atoms with Crippen LogP contribution >= 0.6 is 0 Å². The minimum Gasteiger partial charge on any atom is -0.465 e. The Hall–Kier alpha value is -1.88. The Labute approximate surface area is 354 Å². The number of unbranched alkanes of at least 4 members (excludes halogenated alkanes) is 18. The van der Waals surface area contributed by atoms with E-state index in [-0.39, 0.29) is 29.2 Å². The molecule has 0 radical (unpaired) electrons. The van der Waals surface area contributed by atoms with Gasteiger partial charge in [-0.1, -0.05) is 193 Å². The average Bonchev–Trinajstić information content (AvgIpc) is 3.22. The maximum Gasteiger partial charge on any atom is 0.308 e. The summed E-state index contributed by atoms with van der Waals surface area (Å²) >= 11 is 0. The highest BCUT2D eigenvalue weighted by molar-refractivity contribution is 5.72. The smallest absolute Gasteiger partial charge is 0.308 e. The molecule has 0 aliphatic carbocycles. The second kappa shape index (κ2) is 34.9. The molecule has 5 nitrogen and oxygen atoms in total. The zero-order valence-electron chi connectivity index (χ0n) is 38.3. The first-order chi connectivity index (χ1) is 28.0. The molecule has 1 aromatic rings. The van der Waals surface area contributed by atoms with Crippen LogP contribution in [0.4, 0.5) is 0 Å². The Morgan fingerprint density at radius 1 is 0.526 bits per heavy atom. The zero-order chi connectivity index (χ0) is 41.1. The Kier molecular flexibility index (Phi) is 31.4. The quantitative estimate of drug-likeness (QED) is 0.0493. The van der Waals surface area contributed by atoms with Gasteiger partial charge in [0.25, 0.3) is 0 Å². The number of nitrogens with zero attached hydrogens (tertiary/aromatic N) is 1. The first kappa shape index (κ1) is 51.3. The lowest BCUT2D eigenvalue weighted by molar-refractivity contribution is -0.151. The van der Waals surface area contributed by atoms with Crippen LogP contribution in [0.15, 0.2) is 30.3 Å². The first-order valence-corrected chi connectivity index (χ1v) is 25.1. The number of likely N-dealkylation sites (tertiary alicyclic amines) is 1. The molecule has 1 saturated heterocycles. The van der Waals surface area contributed by atoms with Crippen LogP contribution in [0.5, 0.6) is 0 Å². The van der Waals surface area contributed by atoms with Gasteiger partial charge in [-0.05, 0) is 101 Å². The molecule has 0 spiro atoms. The number of aryl methyl sites for hydroxylation is 1. The van der Waals surface area contributed by atoms with Crippen molar-refractivity contribution in [2.45, 2.75) is 233 Å². The predicted octanol–water partition coefficient (Wildman–Crippen LogP) is 15.0. The van der Waals surface area contributed by atoms with Crippen LogP contribution < -0.4 is 0 Å². The van der Waals surface area contributed by atoms with Crippen LogP contribution in [0.25, 0.3) is 0 Å². The molecular weight excluding hydrogens is 703 g/mol. The summed E-state index contributed by atoms with van der Waals surface area (Å²) in [5.41, 5.74) is 1.49. The molecule has 1 aliphatic heterocycles. The minimum atomic E-state index is 0.0366. The summed E-state index contributed by atoms with van der Waals surface area (Å²) in [4.78, 5) is 29.8. The monoisotopic (exact) mass is 796 g/mol. The number of carbonyl (C=O) groups excluding carboxylic acids is 2. The number of ether oxygens (including phenoxy) is 2. The number of carbonyl (C=O) groups is 2. The molecule has 0 bridgehead atoms. The Balaban J connectivity index is 1.97. The van der Waals surface area contributed by atoms with Crippen molar-refractivity contribution in [3.8, 4) is 0 Å². The van der Waals surface area contributed by atoms with Gasteiger partial charge in [0.2, 0.25) is 0 Å². The van der Waals surface area contributed by atoms with Crippen molar-refractivity contribution in [1.82, 2.24) is 4.90 Å². The fraction of sp³-hybridized carbons (Fsp3) is 0.846. The van der Waals surface area contributed by atoms with Gasteiger partial charge in [0.05, 0.1) is 25.0 Å². The third kappa shape index (κ3) is 25.4. The van der Waals surface area contributed by atoms with Crippen LogP contribution in [0.2, 0.25) is 0 Å². The topological polar surface area (TPSA) is 55.8 Å². The zero-order valence-corrected chi connectivity index (χ0v) is 38.3. The molecule has 1 fully saturated rings. The molecule has 1 heterocycles. The SMILES string of the molecule is CCCCCCCCC(CCCCCC)C(=O)OCCC1(CCOC(=O)C(CCCCCC)CCCCCCCC)CCN(CCCCCc2ccccc2)CC1. The van der Waals surface area contributed by atoms with E-state index < -0.39 is 0 Å². The van der Waals surface area contributed by atoms with E-state index in [1.165, 1.54) is 134 Å². The molecule has 330 valence electrons. The highest BCUT2D eigenvalue weighted by atomic mass is 16.5. The van der Waals surface area contributed by atoms with Crippen LogP contribution in [0, 0.1) is 17.3 Å².